The number of para-hydroxylation sites is 1. The summed E-state index contributed by atoms with van der Waals surface area (Å²) in [6, 6.07) is 16.8. The Morgan fingerprint density at radius 2 is 1.47 bits per heavy atom. The molecule has 4 rings (SSSR count). The van der Waals surface area contributed by atoms with Crippen LogP contribution in [-0.2, 0) is 9.47 Å². The Balaban J connectivity index is 1.73. The van der Waals surface area contributed by atoms with Gasteiger partial charge in [-0.3, -0.25) is 4.79 Å². The number of rotatable bonds is 4. The van der Waals surface area contributed by atoms with Crippen LogP contribution in [0.25, 0.3) is 21.9 Å². The van der Waals surface area contributed by atoms with Crippen molar-refractivity contribution < 1.29 is 28.3 Å². The normalized spacial score (nSPS) is 10.7. The summed E-state index contributed by atoms with van der Waals surface area (Å²) in [5.41, 5.74) is 2.21. The summed E-state index contributed by atoms with van der Waals surface area (Å²) in [6.07, 6.45) is 0. The molecule has 0 spiro atoms. The smallest absolute Gasteiger partial charge is 0.339 e. The minimum absolute atomic E-state index is 0.119. The molecule has 150 valence electrons. The van der Waals surface area contributed by atoms with E-state index in [0.29, 0.717) is 11.1 Å². The molecule has 0 saturated carbocycles. The van der Waals surface area contributed by atoms with E-state index in [1.54, 1.807) is 18.2 Å². The average molecular weight is 403 g/mol. The van der Waals surface area contributed by atoms with E-state index in [1.807, 2.05) is 24.3 Å². The van der Waals surface area contributed by atoms with E-state index in [0.717, 1.165) is 16.4 Å². The third-order valence-electron chi connectivity index (χ3n) is 4.73. The zero-order valence-corrected chi connectivity index (χ0v) is 16.2. The number of carbonyl (C=O) groups excluding carboxylic acids is 3. The van der Waals surface area contributed by atoms with Crippen LogP contribution in [-0.4, -0.2) is 32.1 Å². The Kier molecular flexibility index (Phi) is 4.93. The van der Waals surface area contributed by atoms with Gasteiger partial charge in [-0.15, -0.1) is 0 Å². The van der Waals surface area contributed by atoms with Gasteiger partial charge >= 0.3 is 11.9 Å². The number of esters is 2. The van der Waals surface area contributed by atoms with E-state index in [2.05, 4.69) is 5.32 Å². The maximum atomic E-state index is 12.9. The van der Waals surface area contributed by atoms with Gasteiger partial charge in [0.25, 0.3) is 5.91 Å². The molecule has 30 heavy (non-hydrogen) atoms. The van der Waals surface area contributed by atoms with Crippen molar-refractivity contribution in [3.63, 3.8) is 0 Å². The number of furan rings is 1. The Hall–Kier alpha value is -4.13. The van der Waals surface area contributed by atoms with Crippen LogP contribution in [0, 0.1) is 0 Å². The Labute approximate surface area is 171 Å². The van der Waals surface area contributed by atoms with E-state index in [4.69, 9.17) is 13.9 Å². The highest BCUT2D eigenvalue weighted by Gasteiger charge is 2.19. The second kappa shape index (κ2) is 7.71. The summed E-state index contributed by atoms with van der Waals surface area (Å²) in [5.74, 6) is -1.68. The van der Waals surface area contributed by atoms with Crippen molar-refractivity contribution >= 4 is 45.5 Å². The maximum Gasteiger partial charge on any atom is 0.339 e. The number of hydrogen-bond acceptors (Lipinski definition) is 6. The predicted octanol–water partition coefficient (Wildman–Crippen LogP) is 4.41. The zero-order valence-electron chi connectivity index (χ0n) is 16.2. The lowest BCUT2D eigenvalue weighted by Gasteiger charge is -2.11. The molecule has 3 aromatic carbocycles. The van der Waals surface area contributed by atoms with Gasteiger partial charge in [0.1, 0.15) is 11.2 Å². The molecule has 0 bridgehead atoms. The van der Waals surface area contributed by atoms with Crippen LogP contribution in [0.2, 0.25) is 0 Å². The standard InChI is InChI=1S/C23H17NO6/c1-28-22(26)14-7-9-16(23(27)29-2)18(12-14)24-21(25)13-8-10-20-17(11-13)15-5-3-4-6-19(15)30-20/h3-12H,1-2H3,(H,24,25). The van der Waals surface area contributed by atoms with E-state index in [-0.39, 0.29) is 16.8 Å². The van der Waals surface area contributed by atoms with Crippen LogP contribution >= 0.6 is 0 Å². The number of anilines is 1. The van der Waals surface area contributed by atoms with Gasteiger partial charge in [0, 0.05) is 16.3 Å². The molecule has 0 radical (unpaired) electrons. The van der Waals surface area contributed by atoms with E-state index >= 15 is 0 Å². The Bertz CT molecular complexity index is 1300. The number of benzene rings is 3. The number of hydrogen-bond donors (Lipinski definition) is 1. The van der Waals surface area contributed by atoms with Crippen LogP contribution in [0.3, 0.4) is 0 Å². The van der Waals surface area contributed by atoms with Crippen LogP contribution in [0.1, 0.15) is 31.1 Å². The van der Waals surface area contributed by atoms with Gasteiger partial charge in [0.05, 0.1) is 31.0 Å². The Morgan fingerprint density at radius 3 is 2.23 bits per heavy atom. The molecule has 0 unspecified atom stereocenters. The van der Waals surface area contributed by atoms with Crippen molar-refractivity contribution in [3.05, 3.63) is 77.4 Å². The second-order valence-corrected chi connectivity index (χ2v) is 6.51. The fourth-order valence-corrected chi connectivity index (χ4v) is 3.24. The highest BCUT2D eigenvalue weighted by Crippen LogP contribution is 2.29. The number of amides is 1. The SMILES string of the molecule is COC(=O)c1ccc(C(=O)OC)c(NC(=O)c2ccc3oc4ccccc4c3c2)c1. The summed E-state index contributed by atoms with van der Waals surface area (Å²) < 4.78 is 15.3. The molecule has 0 fully saturated rings. The molecule has 0 aliphatic heterocycles. The van der Waals surface area contributed by atoms with Gasteiger partial charge in [0.15, 0.2) is 0 Å². The lowest BCUT2D eigenvalue weighted by molar-refractivity contribution is 0.0587. The van der Waals surface area contributed by atoms with Crippen LogP contribution in [0.4, 0.5) is 5.69 Å². The van der Waals surface area contributed by atoms with E-state index < -0.39 is 17.8 Å². The van der Waals surface area contributed by atoms with Crippen LogP contribution in [0.15, 0.2) is 65.1 Å². The minimum Gasteiger partial charge on any atom is -0.465 e. The third kappa shape index (κ3) is 3.37. The maximum absolute atomic E-state index is 12.9. The molecule has 1 amide bonds. The molecule has 0 saturated heterocycles. The fraction of sp³-hybridized carbons (Fsp3) is 0.0870. The van der Waals surface area contributed by atoms with Gasteiger partial charge in [-0.2, -0.15) is 0 Å². The first kappa shape index (κ1) is 19.2. The highest BCUT2D eigenvalue weighted by molar-refractivity contribution is 6.12. The summed E-state index contributed by atoms with van der Waals surface area (Å²) >= 11 is 0. The van der Waals surface area contributed by atoms with Crippen LogP contribution in [0.5, 0.6) is 0 Å². The molecule has 4 aromatic rings. The molecule has 1 N–H and O–H groups in total. The molecular weight excluding hydrogens is 386 g/mol. The number of ether oxygens (including phenoxy) is 2. The van der Waals surface area contributed by atoms with E-state index in [9.17, 15) is 14.4 Å². The van der Waals surface area contributed by atoms with Crippen molar-refractivity contribution in [1.29, 1.82) is 0 Å². The van der Waals surface area contributed by atoms with E-state index in [1.165, 1.54) is 32.4 Å². The summed E-state index contributed by atoms with van der Waals surface area (Å²) in [6.45, 7) is 0. The molecular formula is C23H17NO6. The zero-order chi connectivity index (χ0) is 21.3. The van der Waals surface area contributed by atoms with Crippen molar-refractivity contribution in [2.45, 2.75) is 0 Å². The van der Waals surface area contributed by atoms with Gasteiger partial charge in [-0.25, -0.2) is 9.59 Å². The number of methoxy groups -OCH3 is 2. The number of nitrogens with one attached hydrogen (secondary N) is 1. The summed E-state index contributed by atoms with van der Waals surface area (Å²) in [5, 5.41) is 4.38. The van der Waals surface area contributed by atoms with Gasteiger partial charge in [0.2, 0.25) is 0 Å². The molecule has 1 heterocycles. The van der Waals surface area contributed by atoms with Gasteiger partial charge < -0.3 is 19.2 Å². The fourth-order valence-electron chi connectivity index (χ4n) is 3.24. The first-order chi connectivity index (χ1) is 14.5. The summed E-state index contributed by atoms with van der Waals surface area (Å²) in [4.78, 5) is 36.9. The number of fused-ring (bicyclic) bond motifs is 3. The monoisotopic (exact) mass is 403 g/mol. The quantitative estimate of drug-likeness (QED) is 0.507. The minimum atomic E-state index is -0.641. The molecule has 7 heteroatoms. The molecule has 7 nitrogen and oxygen atoms in total. The van der Waals surface area contributed by atoms with Crippen LogP contribution < -0.4 is 5.32 Å². The molecule has 0 aliphatic carbocycles. The topological polar surface area (TPSA) is 94.8 Å². The van der Waals surface area contributed by atoms with Crippen molar-refractivity contribution in [2.24, 2.45) is 0 Å². The summed E-state index contributed by atoms with van der Waals surface area (Å²) in [7, 11) is 2.49. The lowest BCUT2D eigenvalue weighted by atomic mass is 10.1. The first-order valence-corrected chi connectivity index (χ1v) is 9.05. The first-order valence-electron chi connectivity index (χ1n) is 9.05. The second-order valence-electron chi connectivity index (χ2n) is 6.51. The van der Waals surface area contributed by atoms with Gasteiger partial charge in [-0.1, -0.05) is 18.2 Å². The third-order valence-corrected chi connectivity index (χ3v) is 4.73. The highest BCUT2D eigenvalue weighted by atomic mass is 16.5. The van der Waals surface area contributed by atoms with Crippen molar-refractivity contribution in [1.82, 2.24) is 0 Å². The average Bonchev–Trinajstić information content (AvgIpc) is 3.15. The van der Waals surface area contributed by atoms with Gasteiger partial charge in [-0.05, 0) is 42.5 Å². The largest absolute Gasteiger partial charge is 0.465 e. The lowest BCUT2D eigenvalue weighted by Crippen LogP contribution is -2.16. The van der Waals surface area contributed by atoms with Crippen molar-refractivity contribution in [2.75, 3.05) is 19.5 Å². The molecule has 1 aromatic heterocycles. The predicted molar refractivity (Wildman–Crippen MR) is 111 cm³/mol. The Morgan fingerprint density at radius 1 is 0.767 bits per heavy atom. The molecule has 0 atom stereocenters. The molecule has 0 aliphatic rings. The number of carbonyl (C=O) groups is 3. The van der Waals surface area contributed by atoms with Crippen molar-refractivity contribution in [3.8, 4) is 0 Å².